The van der Waals surface area contributed by atoms with Crippen molar-refractivity contribution in [2.24, 2.45) is 4.99 Å². The van der Waals surface area contributed by atoms with Gasteiger partial charge in [-0.3, -0.25) is 4.99 Å². The molecule has 0 radical (unpaired) electrons. The zero-order valence-electron chi connectivity index (χ0n) is 14.9. The summed E-state index contributed by atoms with van der Waals surface area (Å²) in [6, 6.07) is 6.40. The van der Waals surface area contributed by atoms with E-state index in [-0.39, 0.29) is 24.0 Å². The zero-order valence-corrected chi connectivity index (χ0v) is 18.1. The maximum absolute atomic E-state index is 5.39. The molecule has 1 fully saturated rings. The van der Waals surface area contributed by atoms with Crippen LogP contribution in [0.2, 0.25) is 0 Å². The maximum atomic E-state index is 5.39. The summed E-state index contributed by atoms with van der Waals surface area (Å²) in [6.07, 6.45) is 3.60. The molecule has 0 bridgehead atoms. The molecule has 1 unspecified atom stereocenters. The SMILES string of the molecule is CCNC(=NCC1CCCS1)NCCc1ccc(C)c(OC)c1.I. The van der Waals surface area contributed by atoms with Crippen molar-refractivity contribution < 1.29 is 4.74 Å². The van der Waals surface area contributed by atoms with Gasteiger partial charge < -0.3 is 15.4 Å². The van der Waals surface area contributed by atoms with E-state index in [4.69, 9.17) is 9.73 Å². The van der Waals surface area contributed by atoms with Gasteiger partial charge in [0, 0.05) is 18.3 Å². The van der Waals surface area contributed by atoms with E-state index in [2.05, 4.69) is 54.4 Å². The molecule has 1 aliphatic heterocycles. The number of benzene rings is 1. The van der Waals surface area contributed by atoms with Crippen LogP contribution in [0.4, 0.5) is 0 Å². The highest BCUT2D eigenvalue weighted by Crippen LogP contribution is 2.26. The van der Waals surface area contributed by atoms with Gasteiger partial charge in [-0.25, -0.2) is 0 Å². The van der Waals surface area contributed by atoms with E-state index < -0.39 is 0 Å². The van der Waals surface area contributed by atoms with Crippen LogP contribution >= 0.6 is 35.7 Å². The van der Waals surface area contributed by atoms with Crippen molar-refractivity contribution >= 4 is 41.7 Å². The molecule has 1 aromatic rings. The Morgan fingerprint density at radius 1 is 1.38 bits per heavy atom. The number of nitrogens with one attached hydrogen (secondary N) is 2. The first-order valence-corrected chi connectivity index (χ1v) is 9.55. The number of hydrogen-bond donors (Lipinski definition) is 2. The minimum Gasteiger partial charge on any atom is -0.496 e. The predicted octanol–water partition coefficient (Wildman–Crippen LogP) is 3.61. The number of halogens is 1. The highest BCUT2D eigenvalue weighted by Gasteiger charge is 2.14. The fourth-order valence-electron chi connectivity index (χ4n) is 2.67. The number of guanidine groups is 1. The first-order valence-electron chi connectivity index (χ1n) is 8.50. The van der Waals surface area contributed by atoms with Gasteiger partial charge in [-0.15, -0.1) is 24.0 Å². The van der Waals surface area contributed by atoms with Gasteiger partial charge in [0.15, 0.2) is 5.96 Å². The summed E-state index contributed by atoms with van der Waals surface area (Å²) in [5.41, 5.74) is 2.45. The lowest BCUT2D eigenvalue weighted by Crippen LogP contribution is -2.38. The molecule has 1 saturated heterocycles. The van der Waals surface area contributed by atoms with E-state index >= 15 is 0 Å². The van der Waals surface area contributed by atoms with Crippen molar-refractivity contribution in [1.82, 2.24) is 10.6 Å². The number of methoxy groups -OCH3 is 1. The van der Waals surface area contributed by atoms with Gasteiger partial charge in [0.25, 0.3) is 0 Å². The molecular weight excluding hydrogens is 433 g/mol. The number of ether oxygens (including phenoxy) is 1. The van der Waals surface area contributed by atoms with E-state index in [9.17, 15) is 0 Å². The molecule has 1 aliphatic rings. The summed E-state index contributed by atoms with van der Waals surface area (Å²) in [5.74, 6) is 3.18. The van der Waals surface area contributed by atoms with Crippen LogP contribution in [-0.4, -0.2) is 43.7 Å². The van der Waals surface area contributed by atoms with Gasteiger partial charge >= 0.3 is 0 Å². The summed E-state index contributed by atoms with van der Waals surface area (Å²) in [7, 11) is 1.72. The Bertz CT molecular complexity index is 519. The normalized spacial score (nSPS) is 17.3. The molecular formula is C18H30IN3OS. The number of aryl methyl sites for hydroxylation is 1. The summed E-state index contributed by atoms with van der Waals surface area (Å²) >= 11 is 2.05. The average Bonchev–Trinajstić information content (AvgIpc) is 3.07. The van der Waals surface area contributed by atoms with E-state index in [0.717, 1.165) is 37.8 Å². The molecule has 24 heavy (non-hydrogen) atoms. The number of thioether (sulfide) groups is 1. The van der Waals surface area contributed by atoms with Crippen molar-refractivity contribution in [3.05, 3.63) is 29.3 Å². The number of nitrogens with zero attached hydrogens (tertiary/aromatic N) is 1. The summed E-state index contributed by atoms with van der Waals surface area (Å²) < 4.78 is 5.39. The van der Waals surface area contributed by atoms with E-state index in [0.29, 0.717) is 5.25 Å². The van der Waals surface area contributed by atoms with E-state index in [1.807, 2.05) is 0 Å². The molecule has 1 atom stereocenters. The first kappa shape index (κ1) is 21.4. The second-order valence-corrected chi connectivity index (χ2v) is 7.24. The van der Waals surface area contributed by atoms with Crippen molar-refractivity contribution in [2.45, 2.75) is 38.4 Å². The molecule has 1 heterocycles. The quantitative estimate of drug-likeness (QED) is 0.369. The van der Waals surface area contributed by atoms with Gasteiger partial charge in [0.1, 0.15) is 5.75 Å². The molecule has 2 N–H and O–H groups in total. The first-order chi connectivity index (χ1) is 11.2. The number of hydrogen-bond acceptors (Lipinski definition) is 3. The third-order valence-electron chi connectivity index (χ3n) is 4.00. The molecule has 0 aromatic heterocycles. The fraction of sp³-hybridized carbons (Fsp3) is 0.611. The van der Waals surface area contributed by atoms with E-state index in [1.165, 1.54) is 29.7 Å². The maximum Gasteiger partial charge on any atom is 0.191 e. The average molecular weight is 463 g/mol. The van der Waals surface area contributed by atoms with Crippen LogP contribution in [0.15, 0.2) is 23.2 Å². The van der Waals surface area contributed by atoms with Crippen molar-refractivity contribution in [3.63, 3.8) is 0 Å². The van der Waals surface area contributed by atoms with Crippen LogP contribution in [-0.2, 0) is 6.42 Å². The number of rotatable bonds is 7. The molecule has 0 aliphatic carbocycles. The monoisotopic (exact) mass is 463 g/mol. The third kappa shape index (κ3) is 7.09. The Kier molecular flexibility index (Phi) is 10.6. The van der Waals surface area contributed by atoms with Crippen LogP contribution in [0.25, 0.3) is 0 Å². The molecule has 2 rings (SSSR count). The highest BCUT2D eigenvalue weighted by atomic mass is 127. The standard InChI is InChI=1S/C18H29N3OS.HI/c1-4-19-18(21-13-16-6-5-11-23-16)20-10-9-15-8-7-14(2)17(12-15)22-3;/h7-8,12,16H,4-6,9-11,13H2,1-3H3,(H2,19,20,21);1H. The molecule has 0 spiro atoms. The molecule has 0 saturated carbocycles. The smallest absolute Gasteiger partial charge is 0.191 e. The summed E-state index contributed by atoms with van der Waals surface area (Å²) in [5, 5.41) is 7.46. The minimum atomic E-state index is 0. The van der Waals surface area contributed by atoms with Gasteiger partial charge in [-0.2, -0.15) is 11.8 Å². The minimum absolute atomic E-state index is 0. The van der Waals surface area contributed by atoms with Crippen molar-refractivity contribution in [1.29, 1.82) is 0 Å². The Morgan fingerprint density at radius 3 is 2.88 bits per heavy atom. The lowest BCUT2D eigenvalue weighted by Gasteiger charge is -2.13. The van der Waals surface area contributed by atoms with Crippen LogP contribution in [0.1, 0.15) is 30.9 Å². The zero-order chi connectivity index (χ0) is 16.5. The van der Waals surface area contributed by atoms with Crippen molar-refractivity contribution in [3.8, 4) is 5.75 Å². The second kappa shape index (κ2) is 11.8. The highest BCUT2D eigenvalue weighted by molar-refractivity contribution is 14.0. The van der Waals surface area contributed by atoms with Gasteiger partial charge in [-0.1, -0.05) is 12.1 Å². The van der Waals surface area contributed by atoms with Crippen molar-refractivity contribution in [2.75, 3.05) is 32.5 Å². The molecule has 1 aromatic carbocycles. The summed E-state index contributed by atoms with van der Waals surface area (Å²) in [4.78, 5) is 4.72. The third-order valence-corrected chi connectivity index (χ3v) is 5.38. The Balaban J connectivity index is 0.00000288. The Hall–Kier alpha value is -0.630. The van der Waals surface area contributed by atoms with Gasteiger partial charge in [0.05, 0.1) is 13.7 Å². The van der Waals surface area contributed by atoms with Crippen LogP contribution in [0.3, 0.4) is 0 Å². The summed E-state index contributed by atoms with van der Waals surface area (Å²) in [6.45, 7) is 6.85. The van der Waals surface area contributed by atoms with E-state index in [1.54, 1.807) is 7.11 Å². The number of aliphatic imine (C=N–C) groups is 1. The van der Waals surface area contributed by atoms with Crippen LogP contribution in [0.5, 0.6) is 5.75 Å². The fourth-order valence-corrected chi connectivity index (χ4v) is 3.85. The molecule has 4 nitrogen and oxygen atoms in total. The van der Waals surface area contributed by atoms with Gasteiger partial charge in [-0.05, 0) is 56.1 Å². The van der Waals surface area contributed by atoms with Crippen LogP contribution in [0, 0.1) is 6.92 Å². The Morgan fingerprint density at radius 2 is 2.21 bits per heavy atom. The Labute approximate surface area is 167 Å². The lowest BCUT2D eigenvalue weighted by atomic mass is 10.1. The second-order valence-electron chi connectivity index (χ2n) is 5.84. The van der Waals surface area contributed by atoms with Gasteiger partial charge in [0.2, 0.25) is 0 Å². The molecule has 6 heteroatoms. The lowest BCUT2D eigenvalue weighted by molar-refractivity contribution is 0.411. The predicted molar refractivity (Wildman–Crippen MR) is 116 cm³/mol. The van der Waals surface area contributed by atoms with Crippen LogP contribution < -0.4 is 15.4 Å². The molecule has 136 valence electrons. The largest absolute Gasteiger partial charge is 0.496 e. The topological polar surface area (TPSA) is 45.7 Å². The molecule has 0 amide bonds.